The van der Waals surface area contributed by atoms with Gasteiger partial charge in [-0.2, -0.15) is 0 Å². The molecule has 6 nitrogen and oxygen atoms in total. The van der Waals surface area contributed by atoms with E-state index in [0.717, 1.165) is 72.8 Å². The van der Waals surface area contributed by atoms with E-state index in [0.29, 0.717) is 5.92 Å². The minimum absolute atomic E-state index is 0.00416. The molecule has 0 saturated carbocycles. The summed E-state index contributed by atoms with van der Waals surface area (Å²) in [6.07, 6.45) is 6.74. The molecule has 0 bridgehead atoms. The number of aliphatic hydroxyl groups excluding tert-OH is 1. The molecule has 1 fully saturated rings. The molecule has 2 aromatic rings. The highest BCUT2D eigenvalue weighted by Crippen LogP contribution is 2.31. The summed E-state index contributed by atoms with van der Waals surface area (Å²) in [6.45, 7) is 4.02. The van der Waals surface area contributed by atoms with Crippen molar-refractivity contribution in [2.24, 2.45) is 5.92 Å². The van der Waals surface area contributed by atoms with Crippen molar-refractivity contribution in [1.29, 1.82) is 0 Å². The Morgan fingerprint density at radius 3 is 2.89 bits per heavy atom. The molecule has 0 unspecified atom stereocenters. The van der Waals surface area contributed by atoms with Crippen LogP contribution in [-0.4, -0.2) is 40.7 Å². The normalized spacial score (nSPS) is 20.4. The van der Waals surface area contributed by atoms with Crippen LogP contribution >= 0.6 is 11.3 Å². The van der Waals surface area contributed by atoms with Crippen molar-refractivity contribution in [1.82, 2.24) is 15.3 Å². The molecule has 1 aliphatic carbocycles. The average molecular weight is 387 g/mol. The number of carbonyl (C=O) groups is 1. The second-order valence-electron chi connectivity index (χ2n) is 7.54. The van der Waals surface area contributed by atoms with E-state index in [-0.39, 0.29) is 18.6 Å². The van der Waals surface area contributed by atoms with E-state index in [1.165, 1.54) is 11.3 Å². The third kappa shape index (κ3) is 3.84. The third-order valence-corrected chi connectivity index (χ3v) is 6.71. The average Bonchev–Trinajstić information content (AvgIpc) is 3.14. The second-order valence-corrected chi connectivity index (χ2v) is 8.45. The number of hydrogen-bond donors (Lipinski definition) is 2. The largest absolute Gasteiger partial charge is 0.396 e. The van der Waals surface area contributed by atoms with E-state index in [9.17, 15) is 9.90 Å². The van der Waals surface area contributed by atoms with Gasteiger partial charge in [-0.1, -0.05) is 0 Å². The Morgan fingerprint density at radius 2 is 2.19 bits per heavy atom. The molecular formula is C20H26N4O2S. The molecule has 0 radical (unpaired) electrons. The van der Waals surface area contributed by atoms with Gasteiger partial charge >= 0.3 is 0 Å². The summed E-state index contributed by atoms with van der Waals surface area (Å²) in [5.74, 6) is 1.18. The van der Waals surface area contributed by atoms with Crippen molar-refractivity contribution in [3.63, 3.8) is 0 Å². The first-order chi connectivity index (χ1) is 13.2. The van der Waals surface area contributed by atoms with Crippen LogP contribution in [0.15, 0.2) is 17.6 Å². The van der Waals surface area contributed by atoms with Crippen LogP contribution in [0.1, 0.15) is 58.2 Å². The topological polar surface area (TPSA) is 78.4 Å². The molecule has 2 N–H and O–H groups in total. The number of nitrogens with zero attached hydrogens (tertiary/aromatic N) is 3. The lowest BCUT2D eigenvalue weighted by molar-refractivity contribution is 0.0936. The maximum Gasteiger partial charge on any atom is 0.262 e. The van der Waals surface area contributed by atoms with Crippen LogP contribution in [0.5, 0.6) is 0 Å². The Hall–Kier alpha value is -1.99. The number of aryl methyl sites for hydroxylation is 2. The second kappa shape index (κ2) is 7.94. The van der Waals surface area contributed by atoms with Crippen molar-refractivity contribution in [3.05, 3.63) is 39.3 Å². The number of nitrogens with one attached hydrogen (secondary N) is 1. The van der Waals surface area contributed by atoms with Crippen molar-refractivity contribution < 1.29 is 9.90 Å². The van der Waals surface area contributed by atoms with Gasteiger partial charge in [0.25, 0.3) is 5.91 Å². The van der Waals surface area contributed by atoms with E-state index in [2.05, 4.69) is 15.2 Å². The summed E-state index contributed by atoms with van der Waals surface area (Å²) < 4.78 is 0. The van der Waals surface area contributed by atoms with Crippen LogP contribution in [0.3, 0.4) is 0 Å². The Bertz CT molecular complexity index is 814. The molecule has 27 heavy (non-hydrogen) atoms. The van der Waals surface area contributed by atoms with Gasteiger partial charge < -0.3 is 15.3 Å². The highest BCUT2D eigenvalue weighted by Gasteiger charge is 2.27. The predicted octanol–water partition coefficient (Wildman–Crippen LogP) is 2.86. The van der Waals surface area contributed by atoms with Crippen molar-refractivity contribution in [2.75, 3.05) is 24.6 Å². The number of aromatic nitrogens is 2. The minimum atomic E-state index is -0.0167. The van der Waals surface area contributed by atoms with Crippen molar-refractivity contribution in [3.8, 4) is 0 Å². The minimum Gasteiger partial charge on any atom is -0.396 e. The number of amides is 1. The summed E-state index contributed by atoms with van der Waals surface area (Å²) in [4.78, 5) is 25.0. The fourth-order valence-electron chi connectivity index (χ4n) is 3.98. The number of rotatable bonds is 4. The molecule has 1 aliphatic heterocycles. The zero-order chi connectivity index (χ0) is 18.8. The van der Waals surface area contributed by atoms with Gasteiger partial charge in [0, 0.05) is 31.5 Å². The van der Waals surface area contributed by atoms with E-state index in [1.54, 1.807) is 0 Å². The number of piperidine rings is 1. The van der Waals surface area contributed by atoms with E-state index >= 15 is 0 Å². The Labute approximate surface area is 163 Å². The lowest BCUT2D eigenvalue weighted by Gasteiger charge is -2.32. The first-order valence-electron chi connectivity index (χ1n) is 9.72. The smallest absolute Gasteiger partial charge is 0.262 e. The summed E-state index contributed by atoms with van der Waals surface area (Å²) in [5, 5.41) is 14.4. The van der Waals surface area contributed by atoms with Crippen LogP contribution in [0.25, 0.3) is 0 Å². The first kappa shape index (κ1) is 18.4. The van der Waals surface area contributed by atoms with Gasteiger partial charge in [0.05, 0.1) is 16.6 Å². The maximum atomic E-state index is 12.6. The van der Waals surface area contributed by atoms with Crippen molar-refractivity contribution >= 4 is 23.2 Å². The molecule has 3 heterocycles. The van der Waals surface area contributed by atoms with Gasteiger partial charge in [0.15, 0.2) is 0 Å². The van der Waals surface area contributed by atoms with Crippen LogP contribution in [0.2, 0.25) is 0 Å². The molecule has 1 saturated heterocycles. The van der Waals surface area contributed by atoms with Crippen molar-refractivity contribution in [2.45, 2.75) is 45.1 Å². The summed E-state index contributed by atoms with van der Waals surface area (Å²) in [7, 11) is 0. The lowest BCUT2D eigenvalue weighted by Crippen LogP contribution is -2.36. The molecule has 1 amide bonds. The number of thiophene rings is 1. The number of fused-ring (bicyclic) bond motifs is 1. The van der Waals surface area contributed by atoms with Gasteiger partial charge in [-0.3, -0.25) is 4.79 Å². The molecule has 7 heteroatoms. The standard InChI is InChI=1S/C20H26N4O2S/c1-13-7-10-27-18(13)19(26)22-16-3-2-4-17-15(16)11-21-20(23-17)24-8-5-14(12-25)6-9-24/h7,10-11,14,16,25H,2-6,8-9,12H2,1H3,(H,22,26)/t16-/m1/s1. The Balaban J connectivity index is 1.49. The molecule has 0 spiro atoms. The SMILES string of the molecule is Cc1ccsc1C(=O)N[C@@H]1CCCc2nc(N3CCC(CO)CC3)ncc21. The zero-order valence-electron chi connectivity index (χ0n) is 15.6. The van der Waals surface area contributed by atoms with Gasteiger partial charge in [-0.05, 0) is 62.0 Å². The van der Waals surface area contributed by atoms with E-state index in [4.69, 9.17) is 4.98 Å². The molecule has 2 aromatic heterocycles. The predicted molar refractivity (Wildman–Crippen MR) is 106 cm³/mol. The van der Waals surface area contributed by atoms with Crippen LogP contribution in [-0.2, 0) is 6.42 Å². The maximum absolute atomic E-state index is 12.6. The van der Waals surface area contributed by atoms with Gasteiger partial charge in [0.2, 0.25) is 5.95 Å². The monoisotopic (exact) mass is 386 g/mol. The third-order valence-electron chi connectivity index (χ3n) is 5.70. The summed E-state index contributed by atoms with van der Waals surface area (Å²) in [5.41, 5.74) is 3.13. The zero-order valence-corrected chi connectivity index (χ0v) is 16.5. The van der Waals surface area contributed by atoms with E-state index < -0.39 is 0 Å². The Morgan fingerprint density at radius 1 is 1.37 bits per heavy atom. The number of carbonyl (C=O) groups excluding carboxylic acids is 1. The number of anilines is 1. The molecule has 0 aromatic carbocycles. The summed E-state index contributed by atoms with van der Waals surface area (Å²) in [6, 6.07) is 1.96. The molecule has 144 valence electrons. The quantitative estimate of drug-likeness (QED) is 0.845. The van der Waals surface area contributed by atoms with Crippen LogP contribution in [0.4, 0.5) is 5.95 Å². The molecule has 2 aliphatic rings. The van der Waals surface area contributed by atoms with Crippen LogP contribution < -0.4 is 10.2 Å². The summed E-state index contributed by atoms with van der Waals surface area (Å²) >= 11 is 1.48. The fourth-order valence-corrected chi connectivity index (χ4v) is 4.81. The first-order valence-corrected chi connectivity index (χ1v) is 10.6. The van der Waals surface area contributed by atoms with E-state index in [1.807, 2.05) is 24.6 Å². The highest BCUT2D eigenvalue weighted by atomic mass is 32.1. The van der Waals surface area contributed by atoms with Crippen LogP contribution in [0, 0.1) is 12.8 Å². The van der Waals surface area contributed by atoms with Gasteiger partial charge in [-0.25, -0.2) is 9.97 Å². The number of hydrogen-bond acceptors (Lipinski definition) is 6. The Kier molecular flexibility index (Phi) is 5.41. The van der Waals surface area contributed by atoms with Gasteiger partial charge in [-0.15, -0.1) is 11.3 Å². The molecule has 1 atom stereocenters. The van der Waals surface area contributed by atoms with Gasteiger partial charge in [0.1, 0.15) is 0 Å². The molecule has 4 rings (SSSR count). The highest BCUT2D eigenvalue weighted by molar-refractivity contribution is 7.12. The number of aliphatic hydroxyl groups is 1. The lowest BCUT2D eigenvalue weighted by atomic mass is 9.92. The fraction of sp³-hybridized carbons (Fsp3) is 0.550. The molecular weight excluding hydrogens is 360 g/mol.